The third-order valence-corrected chi connectivity index (χ3v) is 5.50. The van der Waals surface area contributed by atoms with Crippen LogP contribution in [0.3, 0.4) is 0 Å². The van der Waals surface area contributed by atoms with E-state index < -0.39 is 0 Å². The van der Waals surface area contributed by atoms with Crippen LogP contribution in [0.2, 0.25) is 0 Å². The molecule has 0 aliphatic heterocycles. The number of unbranched alkanes of at least 4 members (excludes halogenated alkanes) is 1. The first-order valence-corrected chi connectivity index (χ1v) is 9.01. The molecule has 0 aliphatic rings. The van der Waals surface area contributed by atoms with Gasteiger partial charge in [0.05, 0.1) is 5.75 Å². The first-order chi connectivity index (χ1) is 9.31. The summed E-state index contributed by atoms with van der Waals surface area (Å²) in [5.74, 6) is 3.10. The van der Waals surface area contributed by atoms with Gasteiger partial charge in [-0.25, -0.2) is 0 Å². The number of aromatic nitrogens is 4. The van der Waals surface area contributed by atoms with Gasteiger partial charge < -0.3 is 4.42 Å². The molecule has 0 saturated carbocycles. The Kier molecular flexibility index (Phi) is 6.12. The monoisotopic (exact) mass is 316 g/mol. The quantitative estimate of drug-likeness (QED) is 0.544. The van der Waals surface area contributed by atoms with Crippen LogP contribution in [0.1, 0.15) is 38.5 Å². The third kappa shape index (κ3) is 4.77. The van der Waals surface area contributed by atoms with E-state index in [2.05, 4.69) is 27.3 Å². The smallest absolute Gasteiger partial charge is 0.226 e. The lowest BCUT2D eigenvalue weighted by Gasteiger charge is -1.92. The van der Waals surface area contributed by atoms with Gasteiger partial charge in [0.1, 0.15) is 0 Å². The molecular weight excluding hydrogens is 300 g/mol. The molecule has 0 aliphatic carbocycles. The van der Waals surface area contributed by atoms with Crippen LogP contribution >= 0.6 is 34.9 Å². The number of aryl methyl sites for hydroxylation is 1. The van der Waals surface area contributed by atoms with Crippen LogP contribution in [-0.2, 0) is 12.2 Å². The largest absolute Gasteiger partial charge is 0.424 e. The van der Waals surface area contributed by atoms with E-state index in [1.165, 1.54) is 12.8 Å². The fraction of sp³-hybridized carbons (Fsp3) is 0.636. The molecule has 0 aromatic carbocycles. The summed E-state index contributed by atoms with van der Waals surface area (Å²) < 4.78 is 7.44. The van der Waals surface area contributed by atoms with Gasteiger partial charge >= 0.3 is 0 Å². The molecule has 104 valence electrons. The molecule has 19 heavy (non-hydrogen) atoms. The molecule has 0 N–H and O–H groups in total. The molecule has 2 rings (SSSR count). The van der Waals surface area contributed by atoms with Crippen LogP contribution in [0.4, 0.5) is 0 Å². The van der Waals surface area contributed by atoms with Crippen molar-refractivity contribution in [2.75, 3.05) is 5.75 Å². The van der Waals surface area contributed by atoms with Gasteiger partial charge in [-0.05, 0) is 6.42 Å². The van der Waals surface area contributed by atoms with E-state index in [4.69, 9.17) is 4.42 Å². The van der Waals surface area contributed by atoms with Crippen molar-refractivity contribution in [3.8, 4) is 0 Å². The fourth-order valence-corrected chi connectivity index (χ4v) is 4.24. The summed E-state index contributed by atoms with van der Waals surface area (Å²) >= 11 is 5.00. The Morgan fingerprint density at radius 1 is 1.00 bits per heavy atom. The maximum absolute atomic E-state index is 5.45. The Hall–Kier alpha value is -0.600. The molecule has 2 heterocycles. The molecule has 0 unspecified atom stereocenters. The number of hydrogen-bond donors (Lipinski definition) is 0. The van der Waals surface area contributed by atoms with Crippen LogP contribution in [0.5, 0.6) is 0 Å². The number of thioether (sulfide) groups is 2. The highest BCUT2D eigenvalue weighted by Gasteiger charge is 2.09. The van der Waals surface area contributed by atoms with Crippen molar-refractivity contribution in [1.29, 1.82) is 0 Å². The van der Waals surface area contributed by atoms with Crippen LogP contribution in [0.15, 0.2) is 13.1 Å². The first kappa shape index (κ1) is 14.8. The second-order valence-corrected chi connectivity index (χ2v) is 7.31. The van der Waals surface area contributed by atoms with Crippen molar-refractivity contribution in [2.24, 2.45) is 0 Å². The highest BCUT2D eigenvalue weighted by atomic mass is 32.2. The number of nitrogens with zero attached hydrogens (tertiary/aromatic N) is 4. The van der Waals surface area contributed by atoms with Crippen molar-refractivity contribution >= 4 is 34.9 Å². The zero-order valence-electron chi connectivity index (χ0n) is 11.0. The Morgan fingerprint density at radius 2 is 1.74 bits per heavy atom. The maximum atomic E-state index is 5.45. The Labute approximate surface area is 125 Å². The van der Waals surface area contributed by atoms with Crippen molar-refractivity contribution in [1.82, 2.24) is 20.4 Å². The SMILES string of the molecule is CCCCSc1nnc(SCc2nnc(CC)o2)s1. The fourth-order valence-electron chi connectivity index (χ4n) is 1.23. The molecule has 0 atom stereocenters. The average Bonchev–Trinajstić information content (AvgIpc) is 3.05. The van der Waals surface area contributed by atoms with Crippen molar-refractivity contribution in [3.63, 3.8) is 0 Å². The molecule has 0 radical (unpaired) electrons. The minimum absolute atomic E-state index is 0.650. The van der Waals surface area contributed by atoms with Gasteiger partial charge in [-0.2, -0.15) is 0 Å². The summed E-state index contributed by atoms with van der Waals surface area (Å²) in [6.07, 6.45) is 3.20. The zero-order valence-corrected chi connectivity index (χ0v) is 13.4. The Balaban J connectivity index is 1.79. The van der Waals surface area contributed by atoms with E-state index in [1.54, 1.807) is 34.9 Å². The summed E-state index contributed by atoms with van der Waals surface area (Å²) in [6.45, 7) is 4.19. The minimum Gasteiger partial charge on any atom is -0.424 e. The average molecular weight is 316 g/mol. The van der Waals surface area contributed by atoms with Gasteiger partial charge in [-0.1, -0.05) is 55.1 Å². The summed E-state index contributed by atoms with van der Waals surface area (Å²) in [7, 11) is 0. The van der Waals surface area contributed by atoms with Gasteiger partial charge in [0.15, 0.2) is 8.68 Å². The minimum atomic E-state index is 0.650. The van der Waals surface area contributed by atoms with Crippen LogP contribution in [0, 0.1) is 0 Å². The molecule has 0 bridgehead atoms. The molecule has 8 heteroatoms. The molecule has 5 nitrogen and oxygen atoms in total. The molecule has 0 spiro atoms. The standard InChI is InChI=1S/C11H16N4OS3/c1-3-5-6-17-10-14-15-11(19-10)18-7-9-13-12-8(4-2)16-9/h3-7H2,1-2H3. The summed E-state index contributed by atoms with van der Waals surface area (Å²) in [6, 6.07) is 0. The van der Waals surface area contributed by atoms with E-state index in [-0.39, 0.29) is 0 Å². The highest BCUT2D eigenvalue weighted by molar-refractivity contribution is 8.02. The number of hydrogen-bond acceptors (Lipinski definition) is 8. The molecule has 0 amide bonds. The predicted octanol–water partition coefficient (Wildman–Crippen LogP) is 3.67. The van der Waals surface area contributed by atoms with E-state index in [9.17, 15) is 0 Å². The van der Waals surface area contributed by atoms with Crippen molar-refractivity contribution < 1.29 is 4.42 Å². The van der Waals surface area contributed by atoms with Crippen molar-refractivity contribution in [3.05, 3.63) is 11.8 Å². The van der Waals surface area contributed by atoms with Crippen LogP contribution in [-0.4, -0.2) is 26.1 Å². The highest BCUT2D eigenvalue weighted by Crippen LogP contribution is 2.30. The number of rotatable bonds is 8. The molecule has 2 aromatic heterocycles. The lowest BCUT2D eigenvalue weighted by atomic mass is 10.4. The van der Waals surface area contributed by atoms with E-state index in [0.717, 1.165) is 20.9 Å². The normalized spacial score (nSPS) is 11.1. The predicted molar refractivity (Wildman–Crippen MR) is 78.8 cm³/mol. The van der Waals surface area contributed by atoms with E-state index >= 15 is 0 Å². The molecular formula is C11H16N4OS3. The van der Waals surface area contributed by atoms with Gasteiger partial charge in [-0.3, -0.25) is 0 Å². The van der Waals surface area contributed by atoms with E-state index in [0.29, 0.717) is 17.5 Å². The van der Waals surface area contributed by atoms with Gasteiger partial charge in [0.25, 0.3) is 0 Å². The van der Waals surface area contributed by atoms with Crippen LogP contribution in [0.25, 0.3) is 0 Å². The molecule has 0 fully saturated rings. The third-order valence-electron chi connectivity index (χ3n) is 2.24. The summed E-state index contributed by atoms with van der Waals surface area (Å²) in [5.41, 5.74) is 0. The lowest BCUT2D eigenvalue weighted by Crippen LogP contribution is -1.80. The topological polar surface area (TPSA) is 64.7 Å². The maximum Gasteiger partial charge on any atom is 0.226 e. The Morgan fingerprint density at radius 3 is 2.42 bits per heavy atom. The summed E-state index contributed by atoms with van der Waals surface area (Å²) in [5, 5.41) is 16.2. The first-order valence-electron chi connectivity index (χ1n) is 6.22. The van der Waals surface area contributed by atoms with Gasteiger partial charge in [0.2, 0.25) is 11.8 Å². The summed E-state index contributed by atoms with van der Waals surface area (Å²) in [4.78, 5) is 0. The van der Waals surface area contributed by atoms with Gasteiger partial charge in [0, 0.05) is 12.2 Å². The Bertz CT molecular complexity index is 500. The van der Waals surface area contributed by atoms with Crippen LogP contribution < -0.4 is 0 Å². The van der Waals surface area contributed by atoms with Crippen molar-refractivity contribution in [2.45, 2.75) is 47.5 Å². The molecule has 0 saturated heterocycles. The molecule has 2 aromatic rings. The lowest BCUT2D eigenvalue weighted by molar-refractivity contribution is 0.470. The van der Waals surface area contributed by atoms with E-state index in [1.807, 2.05) is 6.92 Å². The second kappa shape index (κ2) is 7.86. The zero-order chi connectivity index (χ0) is 13.5. The second-order valence-electron chi connectivity index (χ2n) is 3.77. The van der Waals surface area contributed by atoms with Gasteiger partial charge in [-0.15, -0.1) is 20.4 Å².